The Labute approximate surface area is 55.6 Å². The number of hydrogen-bond donors (Lipinski definition) is 2. The van der Waals surface area contributed by atoms with Crippen LogP contribution < -0.4 is 11.1 Å². The Morgan fingerprint density at radius 3 is 2.67 bits per heavy atom. The molecule has 0 aromatic carbocycles. The van der Waals surface area contributed by atoms with E-state index in [4.69, 9.17) is 0 Å². The SMILES string of the molecule is CCCNC(=O)[C@@H](C)[NH3+]. The lowest BCUT2D eigenvalue weighted by molar-refractivity contribution is -0.398. The molecule has 0 radical (unpaired) electrons. The minimum Gasteiger partial charge on any atom is -0.351 e. The Morgan fingerprint density at radius 2 is 2.33 bits per heavy atom. The van der Waals surface area contributed by atoms with Crippen LogP contribution in [0.5, 0.6) is 0 Å². The predicted octanol–water partition coefficient (Wildman–Crippen LogP) is -0.857. The highest BCUT2D eigenvalue weighted by Gasteiger charge is 2.07. The Kier molecular flexibility index (Phi) is 4.05. The molecule has 0 saturated heterocycles. The van der Waals surface area contributed by atoms with Crippen molar-refractivity contribution in [2.24, 2.45) is 0 Å². The Balaban J connectivity index is 3.28. The average molecular weight is 131 g/mol. The fraction of sp³-hybridized carbons (Fsp3) is 0.833. The van der Waals surface area contributed by atoms with E-state index in [0.717, 1.165) is 13.0 Å². The fourth-order valence-corrected chi connectivity index (χ4v) is 0.422. The molecule has 0 aromatic heterocycles. The highest BCUT2D eigenvalue weighted by atomic mass is 16.2. The van der Waals surface area contributed by atoms with Gasteiger partial charge in [0.1, 0.15) is 0 Å². The van der Waals surface area contributed by atoms with Crippen molar-refractivity contribution in [1.82, 2.24) is 5.32 Å². The van der Waals surface area contributed by atoms with Crippen LogP contribution in [0.25, 0.3) is 0 Å². The largest absolute Gasteiger partial charge is 0.351 e. The molecular formula is C6H15N2O+. The third-order valence-corrected chi connectivity index (χ3v) is 0.997. The van der Waals surface area contributed by atoms with Crippen LogP contribution in [-0.4, -0.2) is 18.5 Å². The minimum atomic E-state index is -0.128. The summed E-state index contributed by atoms with van der Waals surface area (Å²) in [5, 5.41) is 2.73. The predicted molar refractivity (Wildman–Crippen MR) is 35.7 cm³/mol. The van der Waals surface area contributed by atoms with Crippen molar-refractivity contribution in [2.45, 2.75) is 26.3 Å². The smallest absolute Gasteiger partial charge is 0.277 e. The summed E-state index contributed by atoms with van der Waals surface area (Å²) in [6, 6.07) is -0.128. The van der Waals surface area contributed by atoms with Gasteiger partial charge >= 0.3 is 0 Å². The number of amides is 1. The molecule has 1 amide bonds. The van der Waals surface area contributed by atoms with Crippen molar-refractivity contribution >= 4 is 5.91 Å². The van der Waals surface area contributed by atoms with Gasteiger partial charge < -0.3 is 11.1 Å². The molecule has 0 unspecified atom stereocenters. The molecule has 3 heteroatoms. The summed E-state index contributed by atoms with van der Waals surface area (Å²) in [5.41, 5.74) is 3.58. The molecule has 0 saturated carbocycles. The van der Waals surface area contributed by atoms with E-state index < -0.39 is 0 Å². The summed E-state index contributed by atoms with van der Waals surface area (Å²) in [4.78, 5) is 10.7. The van der Waals surface area contributed by atoms with Crippen LogP contribution in [0.4, 0.5) is 0 Å². The number of quaternary nitrogens is 1. The van der Waals surface area contributed by atoms with Crippen LogP contribution in [0.15, 0.2) is 0 Å². The van der Waals surface area contributed by atoms with Crippen LogP contribution >= 0.6 is 0 Å². The zero-order valence-corrected chi connectivity index (χ0v) is 6.11. The van der Waals surface area contributed by atoms with Crippen molar-refractivity contribution in [3.05, 3.63) is 0 Å². The van der Waals surface area contributed by atoms with Crippen LogP contribution in [0.3, 0.4) is 0 Å². The van der Waals surface area contributed by atoms with Crippen molar-refractivity contribution < 1.29 is 10.5 Å². The number of carbonyl (C=O) groups excluding carboxylic acids is 1. The maximum Gasteiger partial charge on any atom is 0.277 e. The van der Waals surface area contributed by atoms with E-state index >= 15 is 0 Å². The summed E-state index contributed by atoms with van der Waals surface area (Å²) in [6.45, 7) is 4.57. The third kappa shape index (κ3) is 3.97. The van der Waals surface area contributed by atoms with Gasteiger partial charge in [-0.15, -0.1) is 0 Å². The first-order chi connectivity index (χ1) is 4.18. The van der Waals surface area contributed by atoms with Crippen molar-refractivity contribution in [1.29, 1.82) is 0 Å². The molecule has 0 aliphatic carbocycles. The molecular weight excluding hydrogens is 116 g/mol. The lowest BCUT2D eigenvalue weighted by Crippen LogP contribution is -2.65. The van der Waals surface area contributed by atoms with E-state index in [0.29, 0.717) is 0 Å². The molecule has 54 valence electrons. The minimum absolute atomic E-state index is 0.0388. The molecule has 0 fully saturated rings. The normalized spacial score (nSPS) is 12.8. The molecule has 9 heavy (non-hydrogen) atoms. The topological polar surface area (TPSA) is 56.7 Å². The van der Waals surface area contributed by atoms with Gasteiger partial charge in [0.15, 0.2) is 6.04 Å². The Bertz CT molecular complexity index is 91.1. The molecule has 4 N–H and O–H groups in total. The summed E-state index contributed by atoms with van der Waals surface area (Å²) in [7, 11) is 0. The van der Waals surface area contributed by atoms with Gasteiger partial charge in [-0.2, -0.15) is 0 Å². The molecule has 0 spiro atoms. The molecule has 0 rings (SSSR count). The second-order valence-corrected chi connectivity index (χ2v) is 2.19. The first-order valence-electron chi connectivity index (χ1n) is 3.29. The molecule has 0 aliphatic heterocycles. The number of nitrogens with one attached hydrogen (secondary N) is 1. The molecule has 0 heterocycles. The highest BCUT2D eigenvalue weighted by Crippen LogP contribution is 1.73. The van der Waals surface area contributed by atoms with Crippen molar-refractivity contribution in [3.8, 4) is 0 Å². The molecule has 0 bridgehead atoms. The second-order valence-electron chi connectivity index (χ2n) is 2.19. The van der Waals surface area contributed by atoms with E-state index in [1.807, 2.05) is 6.92 Å². The molecule has 0 aromatic rings. The van der Waals surface area contributed by atoms with Crippen LogP contribution in [-0.2, 0) is 4.79 Å². The first-order valence-corrected chi connectivity index (χ1v) is 3.29. The van der Waals surface area contributed by atoms with E-state index in [-0.39, 0.29) is 11.9 Å². The van der Waals surface area contributed by atoms with Gasteiger partial charge in [-0.05, 0) is 13.3 Å². The summed E-state index contributed by atoms with van der Waals surface area (Å²) in [6.07, 6.45) is 0.985. The number of carbonyl (C=O) groups is 1. The zero-order chi connectivity index (χ0) is 7.28. The lowest BCUT2D eigenvalue weighted by atomic mass is 10.3. The fourth-order valence-electron chi connectivity index (χ4n) is 0.422. The van der Waals surface area contributed by atoms with Gasteiger partial charge in [-0.1, -0.05) is 6.92 Å². The van der Waals surface area contributed by atoms with Gasteiger partial charge in [-0.25, -0.2) is 0 Å². The monoisotopic (exact) mass is 131 g/mol. The number of rotatable bonds is 3. The maximum atomic E-state index is 10.7. The Morgan fingerprint density at radius 1 is 1.78 bits per heavy atom. The van der Waals surface area contributed by atoms with Gasteiger partial charge in [0.25, 0.3) is 5.91 Å². The van der Waals surface area contributed by atoms with Crippen LogP contribution in [0, 0.1) is 0 Å². The van der Waals surface area contributed by atoms with Crippen molar-refractivity contribution in [2.75, 3.05) is 6.54 Å². The van der Waals surface area contributed by atoms with Crippen molar-refractivity contribution in [3.63, 3.8) is 0 Å². The standard InChI is InChI=1S/C6H14N2O/c1-3-4-8-6(9)5(2)7/h5H,3-4,7H2,1-2H3,(H,8,9)/p+1/t5-/m1/s1. The van der Waals surface area contributed by atoms with Gasteiger partial charge in [0.2, 0.25) is 0 Å². The quantitative estimate of drug-likeness (QED) is 0.514. The molecule has 3 nitrogen and oxygen atoms in total. The maximum absolute atomic E-state index is 10.7. The first kappa shape index (κ1) is 8.43. The summed E-state index contributed by atoms with van der Waals surface area (Å²) >= 11 is 0. The zero-order valence-electron chi connectivity index (χ0n) is 6.11. The third-order valence-electron chi connectivity index (χ3n) is 0.997. The van der Waals surface area contributed by atoms with E-state index in [9.17, 15) is 4.79 Å². The summed E-state index contributed by atoms with van der Waals surface area (Å²) in [5.74, 6) is 0.0388. The second kappa shape index (κ2) is 4.32. The summed E-state index contributed by atoms with van der Waals surface area (Å²) < 4.78 is 0. The van der Waals surface area contributed by atoms with Crippen LogP contribution in [0.2, 0.25) is 0 Å². The Hall–Kier alpha value is -0.570. The average Bonchev–Trinajstić information content (AvgIpc) is 1.82. The van der Waals surface area contributed by atoms with E-state index in [1.165, 1.54) is 0 Å². The van der Waals surface area contributed by atoms with Crippen LogP contribution in [0.1, 0.15) is 20.3 Å². The number of hydrogen-bond acceptors (Lipinski definition) is 1. The van der Waals surface area contributed by atoms with Gasteiger partial charge in [-0.3, -0.25) is 4.79 Å². The lowest BCUT2D eigenvalue weighted by Gasteiger charge is -2.01. The molecule has 0 aliphatic rings. The van der Waals surface area contributed by atoms with E-state index in [1.54, 1.807) is 6.92 Å². The molecule has 1 atom stereocenters. The highest BCUT2D eigenvalue weighted by molar-refractivity contribution is 5.79. The van der Waals surface area contributed by atoms with Gasteiger partial charge in [0, 0.05) is 6.54 Å². The van der Waals surface area contributed by atoms with E-state index in [2.05, 4.69) is 11.1 Å². The van der Waals surface area contributed by atoms with Gasteiger partial charge in [0.05, 0.1) is 0 Å².